The summed E-state index contributed by atoms with van der Waals surface area (Å²) in [5.41, 5.74) is 10.9. The van der Waals surface area contributed by atoms with Crippen molar-refractivity contribution in [3.05, 3.63) is 138 Å². The average Bonchev–Trinajstić information content (AvgIpc) is 3.95. The number of phenolic OH excluding ortho intramolecular Hbond substituents is 2. The van der Waals surface area contributed by atoms with Crippen LogP contribution in [0.1, 0.15) is 114 Å². The summed E-state index contributed by atoms with van der Waals surface area (Å²) in [6.07, 6.45) is 6.47. The SMILES string of the molecule is CCC1/C(=C\C2=[N+](CC)c3ccc(C)cc3C2(C)C)C(C)(C)c2cc(OC)ccc21.CCCc1nn(C)c(O)c1N=Nc1cc([N+](=O)[O-])ccc1O.CCCc1nn(C)c(O)c1N=Nc1cc([N+](=O)[O-])ccc1O.[Co]. The molecule has 0 fully saturated rings. The minimum absolute atomic E-state index is 0. The van der Waals surface area contributed by atoms with E-state index >= 15 is 0 Å². The number of non-ortho nitro benzene ring substituents is 2. The zero-order valence-corrected chi connectivity index (χ0v) is 45.4. The summed E-state index contributed by atoms with van der Waals surface area (Å²) in [5.74, 6) is 0.608. The number of phenols is 2. The first kappa shape index (κ1) is 58.1. The molecule has 2 aromatic heterocycles. The van der Waals surface area contributed by atoms with Crippen molar-refractivity contribution in [3.63, 3.8) is 0 Å². The molecule has 1 aliphatic heterocycles. The van der Waals surface area contributed by atoms with Crippen LogP contribution in [0.25, 0.3) is 0 Å². The summed E-state index contributed by atoms with van der Waals surface area (Å²) in [7, 11) is 4.89. The number of hydrogen-bond acceptors (Lipinski definition) is 15. The molecule has 75 heavy (non-hydrogen) atoms. The summed E-state index contributed by atoms with van der Waals surface area (Å²) in [6.45, 7) is 21.2. The molecule has 1 unspecified atom stereocenters. The molecule has 1 atom stereocenters. The summed E-state index contributed by atoms with van der Waals surface area (Å²) in [5, 5.41) is 84.3. The van der Waals surface area contributed by atoms with Crippen molar-refractivity contribution in [2.75, 3.05) is 13.7 Å². The summed E-state index contributed by atoms with van der Waals surface area (Å²) < 4.78 is 10.6. The number of nitro benzene ring substituents is 2. The molecule has 0 bridgehead atoms. The van der Waals surface area contributed by atoms with E-state index in [9.17, 15) is 40.7 Å². The number of hydrogen-bond donors (Lipinski definition) is 4. The maximum atomic E-state index is 10.7. The molecule has 6 aromatic rings. The number of ether oxygens (including phenoxy) is 1. The third-order valence-corrected chi connectivity index (χ3v) is 13.4. The summed E-state index contributed by atoms with van der Waals surface area (Å²) >= 11 is 0. The molecule has 1 aliphatic carbocycles. The zero-order valence-electron chi connectivity index (χ0n) is 44.4. The fraction of sp³-hybridized carbons (Fsp3) is 0.389. The van der Waals surface area contributed by atoms with Crippen molar-refractivity contribution in [1.82, 2.24) is 19.6 Å². The number of rotatable bonds is 14. The number of aromatic nitrogens is 4. The molecule has 0 amide bonds. The van der Waals surface area contributed by atoms with E-state index in [-0.39, 0.29) is 85.0 Å². The van der Waals surface area contributed by atoms with Crippen LogP contribution in [-0.4, -0.2) is 73.8 Å². The molecule has 1 radical (unpaired) electrons. The summed E-state index contributed by atoms with van der Waals surface area (Å²) in [4.78, 5) is 20.3. The Kier molecular flexibility index (Phi) is 18.6. The smallest absolute Gasteiger partial charge is 0.271 e. The van der Waals surface area contributed by atoms with E-state index in [1.165, 1.54) is 72.9 Å². The fourth-order valence-electron chi connectivity index (χ4n) is 9.47. The molecule has 8 rings (SSSR count). The molecule has 21 heteroatoms. The largest absolute Gasteiger partial charge is 0.506 e. The maximum Gasteiger partial charge on any atom is 0.271 e. The molecule has 4 aromatic carbocycles. The van der Waals surface area contributed by atoms with Crippen molar-refractivity contribution in [3.8, 4) is 29.0 Å². The minimum atomic E-state index is -0.595. The van der Waals surface area contributed by atoms with Crippen LogP contribution in [0.3, 0.4) is 0 Å². The number of aromatic hydroxyl groups is 4. The minimum Gasteiger partial charge on any atom is -0.506 e. The molecule has 3 heterocycles. The van der Waals surface area contributed by atoms with Gasteiger partial charge in [-0.15, -0.1) is 20.5 Å². The second kappa shape index (κ2) is 24.0. The number of nitrogens with zero attached hydrogens (tertiary/aromatic N) is 11. The van der Waals surface area contributed by atoms with Crippen LogP contribution in [0.2, 0.25) is 0 Å². The van der Waals surface area contributed by atoms with Gasteiger partial charge in [-0.05, 0) is 94.0 Å². The fourth-order valence-corrected chi connectivity index (χ4v) is 9.47. The number of allylic oxidation sites excluding steroid dienone is 2. The van der Waals surface area contributed by atoms with Crippen molar-refractivity contribution in [2.45, 2.75) is 111 Å². The molecule has 0 saturated heterocycles. The van der Waals surface area contributed by atoms with Crippen LogP contribution in [-0.2, 0) is 54.5 Å². The van der Waals surface area contributed by atoms with Crippen LogP contribution in [0.15, 0.2) is 105 Å². The molecule has 2 aliphatic rings. The quantitative estimate of drug-likeness (QED) is 0.0345. The predicted molar refractivity (Wildman–Crippen MR) is 282 cm³/mol. The van der Waals surface area contributed by atoms with E-state index in [2.05, 4.69) is 126 Å². The van der Waals surface area contributed by atoms with E-state index in [0.717, 1.165) is 43.7 Å². The first-order valence-corrected chi connectivity index (χ1v) is 24.5. The molecular weight excluding hydrogens is 1010 g/mol. The van der Waals surface area contributed by atoms with Crippen LogP contribution in [0.5, 0.6) is 29.0 Å². The third kappa shape index (κ3) is 12.1. The van der Waals surface area contributed by atoms with Gasteiger partial charge in [0, 0.05) is 84.2 Å². The molecule has 20 nitrogen and oxygen atoms in total. The van der Waals surface area contributed by atoms with E-state index in [0.29, 0.717) is 30.1 Å². The molecule has 0 saturated carbocycles. The summed E-state index contributed by atoms with van der Waals surface area (Å²) in [6, 6.07) is 20.4. The van der Waals surface area contributed by atoms with E-state index in [1.54, 1.807) is 21.2 Å². The Labute approximate surface area is 446 Å². The van der Waals surface area contributed by atoms with Crippen LogP contribution < -0.4 is 4.74 Å². The van der Waals surface area contributed by atoms with Gasteiger partial charge in [-0.25, -0.2) is 9.36 Å². The Morgan fingerprint density at radius 2 is 1.21 bits per heavy atom. The average molecular weight is 1070 g/mol. The van der Waals surface area contributed by atoms with Gasteiger partial charge in [-0.1, -0.05) is 65.2 Å². The Morgan fingerprint density at radius 3 is 1.65 bits per heavy atom. The predicted octanol–water partition coefficient (Wildman–Crippen LogP) is 13.0. The molecule has 4 N–H and O–H groups in total. The second-order valence-electron chi connectivity index (χ2n) is 19.2. The van der Waals surface area contributed by atoms with Gasteiger partial charge in [0.2, 0.25) is 17.4 Å². The Morgan fingerprint density at radius 1 is 0.707 bits per heavy atom. The molecule has 0 spiro atoms. The zero-order chi connectivity index (χ0) is 54.4. The topological polar surface area (TPSA) is 265 Å². The van der Waals surface area contributed by atoms with Crippen molar-refractivity contribution in [1.29, 1.82) is 0 Å². The van der Waals surface area contributed by atoms with Crippen molar-refractivity contribution in [2.24, 2.45) is 34.6 Å². The van der Waals surface area contributed by atoms with Crippen LogP contribution >= 0.6 is 0 Å². The first-order chi connectivity index (χ1) is 35.0. The number of benzene rings is 4. The van der Waals surface area contributed by atoms with Gasteiger partial charge in [-0.2, -0.15) is 14.8 Å². The van der Waals surface area contributed by atoms with Crippen LogP contribution in [0.4, 0.5) is 39.8 Å². The van der Waals surface area contributed by atoms with Crippen LogP contribution in [0, 0.1) is 27.2 Å². The van der Waals surface area contributed by atoms with E-state index in [4.69, 9.17) is 4.74 Å². The number of fused-ring (bicyclic) bond motifs is 2. The number of aryl methyl sites for hydroxylation is 5. The van der Waals surface area contributed by atoms with Gasteiger partial charge >= 0.3 is 0 Å². The maximum absolute atomic E-state index is 10.7. The number of azo groups is 2. The Hall–Kier alpha value is -7.78. The standard InChI is InChI=1S/C28H36NO.2C13H15N5O4.Co/c1-9-20-21-13-12-19(30-8)16-22(21)27(4,5)23(20)17-26-28(6,7)24-15-18(3)11-14-25(24)29(26)10-2;2*1-3-4-9-12(13(20)17(2)16-9)15-14-10-7-8(18(21)22)5-6-11(10)19;/h11-17,20H,9-10H2,1-8H3;2*5-7,19-20H,3-4H2,1-2H3;/q+1;;;/b23-17+;;;. The Balaban J connectivity index is 0.000000211. The molecule has 399 valence electrons. The van der Waals surface area contributed by atoms with Gasteiger partial charge in [0.15, 0.2) is 17.1 Å². The van der Waals surface area contributed by atoms with Gasteiger partial charge in [0.05, 0.1) is 33.8 Å². The van der Waals surface area contributed by atoms with E-state index < -0.39 is 9.85 Å². The van der Waals surface area contributed by atoms with Gasteiger partial charge in [0.25, 0.3) is 11.4 Å². The second-order valence-corrected chi connectivity index (χ2v) is 19.2. The monoisotopic (exact) mass is 1070 g/mol. The molecular formula is C54H66CoN11O9+. The van der Waals surface area contributed by atoms with Gasteiger partial charge < -0.3 is 25.2 Å². The first-order valence-electron chi connectivity index (χ1n) is 24.5. The normalized spacial score (nSPS) is 15.5. The van der Waals surface area contributed by atoms with Gasteiger partial charge in [0.1, 0.15) is 35.2 Å². The number of nitro groups is 2. The van der Waals surface area contributed by atoms with Crippen molar-refractivity contribution >= 4 is 45.5 Å². The third-order valence-electron chi connectivity index (χ3n) is 13.4. The number of methoxy groups -OCH3 is 1. The van der Waals surface area contributed by atoms with Gasteiger partial charge in [-0.3, -0.25) is 20.2 Å². The Bertz CT molecular complexity index is 3100. The van der Waals surface area contributed by atoms with Crippen molar-refractivity contribution < 1.29 is 56.4 Å². The van der Waals surface area contributed by atoms with E-state index in [1.807, 2.05) is 13.8 Å².